The predicted molar refractivity (Wildman–Crippen MR) is 107 cm³/mol. The van der Waals surface area contributed by atoms with Crippen molar-refractivity contribution < 1.29 is 13.2 Å². The first-order valence-corrected chi connectivity index (χ1v) is 10.3. The quantitative estimate of drug-likeness (QED) is 0.644. The number of benzene rings is 2. The van der Waals surface area contributed by atoms with Gasteiger partial charge in [0.2, 0.25) is 10.0 Å². The molecule has 0 bridgehead atoms. The molecule has 0 fully saturated rings. The third kappa shape index (κ3) is 5.03. The summed E-state index contributed by atoms with van der Waals surface area (Å²) < 4.78 is 27.3. The minimum absolute atomic E-state index is 0.0936. The Hall–Kier alpha value is -3.03. The normalized spacial score (nSPS) is 12.3. The van der Waals surface area contributed by atoms with Gasteiger partial charge in [0.25, 0.3) is 5.91 Å². The van der Waals surface area contributed by atoms with E-state index in [1.807, 2.05) is 37.3 Å². The van der Waals surface area contributed by atoms with Gasteiger partial charge in [-0.2, -0.15) is 0 Å². The summed E-state index contributed by atoms with van der Waals surface area (Å²) in [6.07, 6.45) is 1.60. The van der Waals surface area contributed by atoms with Gasteiger partial charge in [-0.05, 0) is 48.9 Å². The zero-order valence-electron chi connectivity index (χ0n) is 15.4. The molecule has 7 heteroatoms. The van der Waals surface area contributed by atoms with Gasteiger partial charge in [0.05, 0.1) is 23.2 Å². The van der Waals surface area contributed by atoms with Crippen LogP contribution >= 0.6 is 0 Å². The maximum Gasteiger partial charge on any atom is 0.251 e. The molecule has 6 nitrogen and oxygen atoms in total. The zero-order chi connectivity index (χ0) is 20.0. The van der Waals surface area contributed by atoms with Crippen LogP contribution < -0.4 is 10.0 Å². The number of carbonyl (C=O) groups excluding carboxylic acids is 1. The molecular formula is C21H21N3O3S. The molecule has 3 rings (SSSR count). The van der Waals surface area contributed by atoms with Gasteiger partial charge in [0, 0.05) is 11.8 Å². The Balaban J connectivity index is 1.64. The molecule has 0 aliphatic carbocycles. The van der Waals surface area contributed by atoms with Crippen molar-refractivity contribution in [2.75, 3.05) is 0 Å². The van der Waals surface area contributed by atoms with Gasteiger partial charge in [-0.3, -0.25) is 9.78 Å². The Bertz CT molecular complexity index is 1020. The summed E-state index contributed by atoms with van der Waals surface area (Å²) in [5, 5.41) is 2.91. The fraction of sp³-hybridized carbons (Fsp3) is 0.143. The third-order valence-corrected chi connectivity index (χ3v) is 5.66. The van der Waals surface area contributed by atoms with Crippen LogP contribution in [-0.2, 0) is 16.6 Å². The van der Waals surface area contributed by atoms with E-state index in [1.54, 1.807) is 24.4 Å². The molecule has 1 aromatic heterocycles. The van der Waals surface area contributed by atoms with Crippen LogP contribution in [0.3, 0.4) is 0 Å². The molecule has 28 heavy (non-hydrogen) atoms. The number of carbonyl (C=O) groups is 1. The van der Waals surface area contributed by atoms with Gasteiger partial charge in [0.15, 0.2) is 0 Å². The van der Waals surface area contributed by atoms with E-state index in [9.17, 15) is 13.2 Å². The number of nitrogens with zero attached hydrogens (tertiary/aromatic N) is 1. The number of nitrogens with one attached hydrogen (secondary N) is 2. The van der Waals surface area contributed by atoms with Crippen LogP contribution in [-0.4, -0.2) is 19.3 Å². The molecule has 1 heterocycles. The summed E-state index contributed by atoms with van der Waals surface area (Å²) in [6.45, 7) is 1.99. The van der Waals surface area contributed by atoms with Crippen LogP contribution in [0, 0.1) is 0 Å². The molecule has 0 saturated carbocycles. The summed E-state index contributed by atoms with van der Waals surface area (Å²) in [5.41, 5.74) is 2.01. The highest BCUT2D eigenvalue weighted by atomic mass is 32.2. The standard InChI is InChI=1S/C21H21N3O3S/c1-16(17-7-3-2-4-8-17)24-21(25)18-10-12-20(13-11-18)28(26,27)23-15-19-9-5-6-14-22-19/h2-14,16,23H,15H2,1H3,(H,24,25). The van der Waals surface area contributed by atoms with E-state index in [2.05, 4.69) is 15.0 Å². The largest absolute Gasteiger partial charge is 0.346 e. The van der Waals surface area contributed by atoms with E-state index < -0.39 is 10.0 Å². The average molecular weight is 395 g/mol. The lowest BCUT2D eigenvalue weighted by molar-refractivity contribution is 0.0940. The molecule has 1 amide bonds. The second-order valence-corrected chi connectivity index (χ2v) is 8.04. The van der Waals surface area contributed by atoms with Gasteiger partial charge in [-0.25, -0.2) is 13.1 Å². The fourth-order valence-corrected chi connectivity index (χ4v) is 3.64. The Morgan fingerprint density at radius 3 is 2.29 bits per heavy atom. The summed E-state index contributed by atoms with van der Waals surface area (Å²) in [6, 6.07) is 20.6. The van der Waals surface area contributed by atoms with Crippen LogP contribution in [0.4, 0.5) is 0 Å². The highest BCUT2D eigenvalue weighted by molar-refractivity contribution is 7.89. The SMILES string of the molecule is CC(NC(=O)c1ccc(S(=O)(=O)NCc2ccccn2)cc1)c1ccccc1. The molecule has 2 aromatic carbocycles. The van der Waals surface area contributed by atoms with Crippen molar-refractivity contribution in [2.45, 2.75) is 24.4 Å². The number of rotatable bonds is 7. The minimum Gasteiger partial charge on any atom is -0.346 e. The van der Waals surface area contributed by atoms with Crippen LogP contribution in [0.15, 0.2) is 83.9 Å². The minimum atomic E-state index is -3.69. The van der Waals surface area contributed by atoms with E-state index in [0.717, 1.165) is 5.56 Å². The highest BCUT2D eigenvalue weighted by Crippen LogP contribution is 2.14. The lowest BCUT2D eigenvalue weighted by Crippen LogP contribution is -2.27. The van der Waals surface area contributed by atoms with Crippen molar-refractivity contribution >= 4 is 15.9 Å². The summed E-state index contributed by atoms with van der Waals surface area (Å²) in [4.78, 5) is 16.6. The van der Waals surface area contributed by atoms with E-state index in [4.69, 9.17) is 0 Å². The second-order valence-electron chi connectivity index (χ2n) is 6.28. The first kappa shape index (κ1) is 19.7. The van der Waals surface area contributed by atoms with E-state index in [0.29, 0.717) is 11.3 Å². The molecule has 0 aliphatic heterocycles. The lowest BCUT2D eigenvalue weighted by atomic mass is 10.1. The van der Waals surface area contributed by atoms with Crippen LogP contribution in [0.2, 0.25) is 0 Å². The average Bonchev–Trinajstić information content (AvgIpc) is 2.74. The maximum absolute atomic E-state index is 12.4. The molecule has 0 radical (unpaired) electrons. The Kier molecular flexibility index (Phi) is 6.18. The summed E-state index contributed by atoms with van der Waals surface area (Å²) in [5.74, 6) is -0.262. The topological polar surface area (TPSA) is 88.2 Å². The summed E-state index contributed by atoms with van der Waals surface area (Å²) >= 11 is 0. The number of pyridine rings is 1. The van der Waals surface area contributed by atoms with Crippen molar-refractivity contribution in [1.29, 1.82) is 0 Å². The molecular weight excluding hydrogens is 374 g/mol. The molecule has 0 aliphatic rings. The van der Waals surface area contributed by atoms with Crippen LogP contribution in [0.25, 0.3) is 0 Å². The van der Waals surface area contributed by atoms with Crippen LogP contribution in [0.1, 0.15) is 34.6 Å². The first-order valence-electron chi connectivity index (χ1n) is 8.81. The molecule has 144 valence electrons. The molecule has 1 atom stereocenters. The van der Waals surface area contributed by atoms with Gasteiger partial charge in [0.1, 0.15) is 0 Å². The molecule has 2 N–H and O–H groups in total. The molecule has 3 aromatic rings. The molecule has 0 spiro atoms. The van der Waals surface area contributed by atoms with Crippen molar-refractivity contribution in [2.24, 2.45) is 0 Å². The summed E-state index contributed by atoms with van der Waals surface area (Å²) in [7, 11) is -3.69. The fourth-order valence-electron chi connectivity index (χ4n) is 2.65. The maximum atomic E-state index is 12.4. The zero-order valence-corrected chi connectivity index (χ0v) is 16.2. The van der Waals surface area contributed by atoms with E-state index in [1.165, 1.54) is 24.3 Å². The number of hydrogen-bond acceptors (Lipinski definition) is 4. The number of hydrogen-bond donors (Lipinski definition) is 2. The van der Waals surface area contributed by atoms with E-state index in [-0.39, 0.29) is 23.4 Å². The van der Waals surface area contributed by atoms with E-state index >= 15 is 0 Å². The third-order valence-electron chi connectivity index (χ3n) is 4.24. The van der Waals surface area contributed by atoms with Crippen molar-refractivity contribution in [3.8, 4) is 0 Å². The monoisotopic (exact) mass is 395 g/mol. The predicted octanol–water partition coefficient (Wildman–Crippen LogP) is 3.05. The molecule has 1 unspecified atom stereocenters. The lowest BCUT2D eigenvalue weighted by Gasteiger charge is -2.14. The second kappa shape index (κ2) is 8.77. The Labute approximate surface area is 164 Å². The van der Waals surface area contributed by atoms with Crippen molar-refractivity contribution in [3.05, 3.63) is 95.8 Å². The first-order chi connectivity index (χ1) is 13.5. The van der Waals surface area contributed by atoms with Gasteiger partial charge in [-0.15, -0.1) is 0 Å². The highest BCUT2D eigenvalue weighted by Gasteiger charge is 2.16. The Morgan fingerprint density at radius 2 is 1.64 bits per heavy atom. The van der Waals surface area contributed by atoms with Gasteiger partial charge < -0.3 is 5.32 Å². The molecule has 0 saturated heterocycles. The number of sulfonamides is 1. The van der Waals surface area contributed by atoms with Crippen molar-refractivity contribution in [1.82, 2.24) is 15.0 Å². The smallest absolute Gasteiger partial charge is 0.251 e. The van der Waals surface area contributed by atoms with Gasteiger partial charge in [-0.1, -0.05) is 36.4 Å². The Morgan fingerprint density at radius 1 is 0.964 bits per heavy atom. The van der Waals surface area contributed by atoms with Gasteiger partial charge >= 0.3 is 0 Å². The number of aromatic nitrogens is 1. The number of amides is 1. The van der Waals surface area contributed by atoms with Crippen molar-refractivity contribution in [3.63, 3.8) is 0 Å². The van der Waals surface area contributed by atoms with Crippen LogP contribution in [0.5, 0.6) is 0 Å².